The van der Waals surface area contributed by atoms with Crippen LogP contribution in [0, 0.1) is 0 Å². The van der Waals surface area contributed by atoms with Crippen molar-refractivity contribution in [2.24, 2.45) is 0 Å². The molecule has 1 aromatic carbocycles. The third kappa shape index (κ3) is 1.15. The molecule has 2 atom stereocenters. The van der Waals surface area contributed by atoms with Crippen LogP contribution in [0.15, 0.2) is 35.9 Å². The molecule has 84 valence electrons. The van der Waals surface area contributed by atoms with E-state index in [0.29, 0.717) is 6.04 Å². The van der Waals surface area contributed by atoms with E-state index in [0.717, 1.165) is 13.0 Å². The largest absolute Gasteiger partial charge is 0.283 e. The van der Waals surface area contributed by atoms with Crippen molar-refractivity contribution in [1.82, 2.24) is 4.90 Å². The Bertz CT molecular complexity index is 460. The SMILES string of the molecule is CC1=CCC2(C)c3ccccc3[C@@H](C)N2C1. The van der Waals surface area contributed by atoms with Gasteiger partial charge in [0.2, 0.25) is 0 Å². The molecule has 2 heterocycles. The van der Waals surface area contributed by atoms with E-state index in [1.54, 1.807) is 0 Å². The zero-order chi connectivity index (χ0) is 11.3. The second-order valence-electron chi connectivity index (χ2n) is 5.42. The van der Waals surface area contributed by atoms with Gasteiger partial charge in [-0.05, 0) is 38.3 Å². The lowest BCUT2D eigenvalue weighted by molar-refractivity contribution is 0.0918. The summed E-state index contributed by atoms with van der Waals surface area (Å²) in [5.41, 5.74) is 4.80. The van der Waals surface area contributed by atoms with Gasteiger partial charge < -0.3 is 0 Å². The molecule has 0 N–H and O–H groups in total. The Morgan fingerprint density at radius 2 is 2.06 bits per heavy atom. The Balaban J connectivity index is 2.16. The highest BCUT2D eigenvalue weighted by Crippen LogP contribution is 2.49. The third-order valence-corrected chi connectivity index (χ3v) is 4.36. The van der Waals surface area contributed by atoms with E-state index in [-0.39, 0.29) is 5.54 Å². The van der Waals surface area contributed by atoms with Gasteiger partial charge in [-0.2, -0.15) is 0 Å². The van der Waals surface area contributed by atoms with Gasteiger partial charge in [0, 0.05) is 18.1 Å². The summed E-state index contributed by atoms with van der Waals surface area (Å²) in [5, 5.41) is 0. The minimum Gasteiger partial charge on any atom is -0.283 e. The minimum atomic E-state index is 0.232. The quantitative estimate of drug-likeness (QED) is 0.595. The summed E-state index contributed by atoms with van der Waals surface area (Å²) in [6.07, 6.45) is 3.56. The van der Waals surface area contributed by atoms with Crippen molar-refractivity contribution < 1.29 is 0 Å². The van der Waals surface area contributed by atoms with Gasteiger partial charge in [-0.1, -0.05) is 35.9 Å². The molecule has 0 saturated carbocycles. The number of nitrogens with zero attached hydrogens (tertiary/aromatic N) is 1. The van der Waals surface area contributed by atoms with Gasteiger partial charge in [0.1, 0.15) is 0 Å². The lowest BCUT2D eigenvalue weighted by atomic mass is 9.85. The van der Waals surface area contributed by atoms with Crippen LogP contribution in [-0.4, -0.2) is 11.4 Å². The van der Waals surface area contributed by atoms with Crippen LogP contribution in [0.5, 0.6) is 0 Å². The maximum absolute atomic E-state index is 2.65. The van der Waals surface area contributed by atoms with Crippen LogP contribution in [0.4, 0.5) is 0 Å². The van der Waals surface area contributed by atoms with E-state index in [9.17, 15) is 0 Å². The van der Waals surface area contributed by atoms with Crippen LogP contribution in [0.2, 0.25) is 0 Å². The molecule has 3 rings (SSSR count). The predicted octanol–water partition coefficient (Wildman–Crippen LogP) is 3.63. The Morgan fingerprint density at radius 3 is 2.88 bits per heavy atom. The molecule has 1 heteroatoms. The van der Waals surface area contributed by atoms with Gasteiger partial charge in [0.15, 0.2) is 0 Å². The topological polar surface area (TPSA) is 3.24 Å². The first-order valence-corrected chi connectivity index (χ1v) is 6.15. The van der Waals surface area contributed by atoms with Crippen LogP contribution in [0.3, 0.4) is 0 Å². The van der Waals surface area contributed by atoms with Crippen molar-refractivity contribution in [3.8, 4) is 0 Å². The zero-order valence-electron chi connectivity index (χ0n) is 10.3. The average molecular weight is 213 g/mol. The van der Waals surface area contributed by atoms with Gasteiger partial charge in [-0.25, -0.2) is 0 Å². The fraction of sp³-hybridized carbons (Fsp3) is 0.467. The van der Waals surface area contributed by atoms with E-state index in [1.165, 1.54) is 16.7 Å². The van der Waals surface area contributed by atoms with E-state index in [1.807, 2.05) is 0 Å². The predicted molar refractivity (Wildman–Crippen MR) is 67.3 cm³/mol. The molecule has 0 spiro atoms. The molecule has 0 amide bonds. The van der Waals surface area contributed by atoms with Gasteiger partial charge >= 0.3 is 0 Å². The fourth-order valence-electron chi connectivity index (χ4n) is 3.35. The first kappa shape index (κ1) is 10.1. The molecule has 0 bridgehead atoms. The Kier molecular flexibility index (Phi) is 2.02. The van der Waals surface area contributed by atoms with Crippen molar-refractivity contribution in [3.05, 3.63) is 47.0 Å². The summed E-state index contributed by atoms with van der Waals surface area (Å²) in [5.74, 6) is 0. The lowest BCUT2D eigenvalue weighted by Gasteiger charge is -2.41. The number of benzene rings is 1. The molecule has 1 nitrogen and oxygen atoms in total. The number of hydrogen-bond donors (Lipinski definition) is 0. The molecule has 0 aliphatic carbocycles. The average Bonchev–Trinajstić information content (AvgIpc) is 2.52. The van der Waals surface area contributed by atoms with Gasteiger partial charge in [0.25, 0.3) is 0 Å². The summed E-state index contributed by atoms with van der Waals surface area (Å²) in [6, 6.07) is 9.49. The molecule has 0 saturated heterocycles. The van der Waals surface area contributed by atoms with Crippen molar-refractivity contribution >= 4 is 0 Å². The maximum Gasteiger partial charge on any atom is 0.0479 e. The number of rotatable bonds is 0. The Hall–Kier alpha value is -1.08. The van der Waals surface area contributed by atoms with E-state index < -0.39 is 0 Å². The lowest BCUT2D eigenvalue weighted by Crippen LogP contribution is -2.42. The summed E-state index contributed by atoms with van der Waals surface area (Å²) < 4.78 is 0. The normalized spacial score (nSPS) is 33.2. The Morgan fingerprint density at radius 1 is 1.31 bits per heavy atom. The van der Waals surface area contributed by atoms with Crippen LogP contribution < -0.4 is 0 Å². The molecule has 2 aliphatic rings. The van der Waals surface area contributed by atoms with E-state index in [2.05, 4.69) is 56.0 Å². The third-order valence-electron chi connectivity index (χ3n) is 4.36. The summed E-state index contributed by atoms with van der Waals surface area (Å²) >= 11 is 0. The smallest absolute Gasteiger partial charge is 0.0479 e. The number of fused-ring (bicyclic) bond motifs is 3. The van der Waals surface area contributed by atoms with Crippen molar-refractivity contribution in [3.63, 3.8) is 0 Å². The van der Waals surface area contributed by atoms with Crippen LogP contribution in [-0.2, 0) is 5.54 Å². The molecule has 0 radical (unpaired) electrons. The summed E-state index contributed by atoms with van der Waals surface area (Å²) in [6.45, 7) is 8.09. The van der Waals surface area contributed by atoms with Gasteiger partial charge in [-0.15, -0.1) is 0 Å². The first-order chi connectivity index (χ1) is 7.63. The monoisotopic (exact) mass is 213 g/mol. The van der Waals surface area contributed by atoms with E-state index >= 15 is 0 Å². The summed E-state index contributed by atoms with van der Waals surface area (Å²) in [4.78, 5) is 2.65. The maximum atomic E-state index is 2.65. The van der Waals surface area contributed by atoms with Crippen LogP contribution in [0.25, 0.3) is 0 Å². The van der Waals surface area contributed by atoms with Crippen molar-refractivity contribution in [2.75, 3.05) is 6.54 Å². The second-order valence-corrected chi connectivity index (χ2v) is 5.42. The highest BCUT2D eigenvalue weighted by atomic mass is 15.2. The highest BCUT2D eigenvalue weighted by Gasteiger charge is 2.45. The highest BCUT2D eigenvalue weighted by molar-refractivity contribution is 5.42. The van der Waals surface area contributed by atoms with Gasteiger partial charge in [-0.3, -0.25) is 4.90 Å². The van der Waals surface area contributed by atoms with Gasteiger partial charge in [0.05, 0.1) is 0 Å². The first-order valence-electron chi connectivity index (χ1n) is 6.15. The van der Waals surface area contributed by atoms with Crippen molar-refractivity contribution in [1.29, 1.82) is 0 Å². The standard InChI is InChI=1S/C15H19N/c1-11-8-9-15(3)14-7-5-4-6-13(14)12(2)16(15)10-11/h4-8,12H,9-10H2,1-3H3/t12-,15?/m1/s1. The molecule has 0 aromatic heterocycles. The Labute approximate surface area is 97.8 Å². The molecule has 16 heavy (non-hydrogen) atoms. The fourth-order valence-corrected chi connectivity index (χ4v) is 3.35. The van der Waals surface area contributed by atoms with Crippen LogP contribution in [0.1, 0.15) is 44.4 Å². The molecule has 2 aliphatic heterocycles. The molecular weight excluding hydrogens is 194 g/mol. The second kappa shape index (κ2) is 3.21. The molecule has 1 aromatic rings. The van der Waals surface area contributed by atoms with Crippen LogP contribution >= 0.6 is 0 Å². The summed E-state index contributed by atoms with van der Waals surface area (Å²) in [7, 11) is 0. The number of hydrogen-bond acceptors (Lipinski definition) is 1. The van der Waals surface area contributed by atoms with E-state index in [4.69, 9.17) is 0 Å². The molecular formula is C15H19N. The minimum absolute atomic E-state index is 0.232. The molecule has 0 fully saturated rings. The zero-order valence-corrected chi connectivity index (χ0v) is 10.3. The van der Waals surface area contributed by atoms with Crippen molar-refractivity contribution in [2.45, 2.75) is 38.8 Å². The molecule has 1 unspecified atom stereocenters.